The summed E-state index contributed by atoms with van der Waals surface area (Å²) in [5.41, 5.74) is 0.401. The van der Waals surface area contributed by atoms with Crippen LogP contribution in [0, 0.1) is 0 Å². The molecule has 1 aromatic carbocycles. The highest BCUT2D eigenvalue weighted by Crippen LogP contribution is 2.33. The first-order chi connectivity index (χ1) is 13.6. The van der Waals surface area contributed by atoms with Crippen molar-refractivity contribution in [2.75, 3.05) is 39.5 Å². The number of amides is 4. The van der Waals surface area contributed by atoms with Gasteiger partial charge in [-0.15, -0.1) is 0 Å². The van der Waals surface area contributed by atoms with E-state index >= 15 is 0 Å². The van der Waals surface area contributed by atoms with Gasteiger partial charge in [-0.25, -0.2) is 0 Å². The van der Waals surface area contributed by atoms with Gasteiger partial charge in [0, 0.05) is 26.1 Å². The third-order valence-corrected chi connectivity index (χ3v) is 5.20. The number of carbonyl (C=O) groups is 4. The number of hydrogen-bond donors (Lipinski definition) is 1. The number of morpholine rings is 1. The molecule has 4 amide bonds. The van der Waals surface area contributed by atoms with Gasteiger partial charge in [-0.1, -0.05) is 6.07 Å². The van der Waals surface area contributed by atoms with Gasteiger partial charge in [0.15, 0.2) is 0 Å². The second-order valence-electron chi connectivity index (χ2n) is 6.93. The van der Waals surface area contributed by atoms with E-state index < -0.39 is 29.7 Å². The summed E-state index contributed by atoms with van der Waals surface area (Å²) in [5, 5.41) is 2.19. The molecule has 1 atom stereocenters. The van der Waals surface area contributed by atoms with Gasteiger partial charge in [0.05, 0.1) is 24.3 Å². The number of imide groups is 2. The van der Waals surface area contributed by atoms with E-state index in [-0.39, 0.29) is 24.0 Å². The molecule has 28 heavy (non-hydrogen) atoms. The molecule has 0 aliphatic carbocycles. The van der Waals surface area contributed by atoms with Crippen LogP contribution in [0.5, 0.6) is 5.75 Å². The molecule has 1 unspecified atom stereocenters. The molecular weight excluding hydrogens is 366 g/mol. The second-order valence-corrected chi connectivity index (χ2v) is 6.93. The molecule has 1 N–H and O–H groups in total. The zero-order valence-electron chi connectivity index (χ0n) is 15.3. The molecule has 0 spiro atoms. The third kappa shape index (κ3) is 3.38. The van der Waals surface area contributed by atoms with E-state index in [9.17, 15) is 19.2 Å². The largest absolute Gasteiger partial charge is 0.491 e. The van der Waals surface area contributed by atoms with E-state index in [4.69, 9.17) is 9.47 Å². The van der Waals surface area contributed by atoms with Crippen LogP contribution in [-0.2, 0) is 14.3 Å². The molecule has 4 rings (SSSR count). The number of nitrogens with zero attached hydrogens (tertiary/aromatic N) is 2. The SMILES string of the molecule is O=C1CCC(N2C(=O)c3cccc(OCCN4CCOCC4)c3C2=O)C(=O)N1. The van der Waals surface area contributed by atoms with Crippen molar-refractivity contribution in [1.29, 1.82) is 0 Å². The predicted octanol–water partition coefficient (Wildman–Crippen LogP) is -0.201. The van der Waals surface area contributed by atoms with E-state index in [0.29, 0.717) is 32.1 Å². The van der Waals surface area contributed by atoms with Gasteiger partial charge in [0.25, 0.3) is 11.8 Å². The van der Waals surface area contributed by atoms with Gasteiger partial charge in [0.1, 0.15) is 18.4 Å². The van der Waals surface area contributed by atoms with Gasteiger partial charge >= 0.3 is 0 Å². The molecule has 148 valence electrons. The summed E-state index contributed by atoms with van der Waals surface area (Å²) < 4.78 is 11.1. The Kier molecular flexibility index (Phi) is 5.10. The number of nitrogens with one attached hydrogen (secondary N) is 1. The Morgan fingerprint density at radius 1 is 1.11 bits per heavy atom. The Morgan fingerprint density at radius 3 is 2.64 bits per heavy atom. The quantitative estimate of drug-likeness (QED) is 0.698. The van der Waals surface area contributed by atoms with Crippen LogP contribution in [0.1, 0.15) is 33.6 Å². The van der Waals surface area contributed by atoms with Crippen molar-refractivity contribution in [3.05, 3.63) is 29.3 Å². The van der Waals surface area contributed by atoms with Crippen molar-refractivity contribution in [1.82, 2.24) is 15.1 Å². The van der Waals surface area contributed by atoms with Gasteiger partial charge in [-0.3, -0.25) is 34.3 Å². The van der Waals surface area contributed by atoms with Crippen LogP contribution < -0.4 is 10.1 Å². The smallest absolute Gasteiger partial charge is 0.266 e. The van der Waals surface area contributed by atoms with Crippen molar-refractivity contribution >= 4 is 23.6 Å². The molecule has 3 aliphatic heterocycles. The van der Waals surface area contributed by atoms with Crippen LogP contribution in [0.25, 0.3) is 0 Å². The summed E-state index contributed by atoms with van der Waals surface area (Å²) >= 11 is 0. The molecule has 9 nitrogen and oxygen atoms in total. The lowest BCUT2D eigenvalue weighted by atomic mass is 10.0. The Bertz CT molecular complexity index is 833. The van der Waals surface area contributed by atoms with Crippen molar-refractivity contribution in [2.45, 2.75) is 18.9 Å². The van der Waals surface area contributed by atoms with Crippen LogP contribution in [0.3, 0.4) is 0 Å². The molecule has 3 heterocycles. The third-order valence-electron chi connectivity index (χ3n) is 5.20. The molecular formula is C19H21N3O6. The summed E-state index contributed by atoms with van der Waals surface area (Å²) in [5.74, 6) is -1.78. The first kappa shape index (κ1) is 18.6. The average Bonchev–Trinajstić information content (AvgIpc) is 2.94. The zero-order chi connectivity index (χ0) is 19.7. The van der Waals surface area contributed by atoms with Crippen LogP contribution in [-0.4, -0.2) is 78.9 Å². The minimum Gasteiger partial charge on any atom is -0.491 e. The molecule has 3 aliphatic rings. The topological polar surface area (TPSA) is 105 Å². The van der Waals surface area contributed by atoms with E-state index in [1.807, 2.05) is 0 Å². The predicted molar refractivity (Wildman–Crippen MR) is 95.9 cm³/mol. The maximum atomic E-state index is 13.0. The number of fused-ring (bicyclic) bond motifs is 1. The van der Waals surface area contributed by atoms with E-state index in [1.165, 1.54) is 0 Å². The van der Waals surface area contributed by atoms with E-state index in [1.54, 1.807) is 18.2 Å². The zero-order valence-corrected chi connectivity index (χ0v) is 15.3. The summed E-state index contributed by atoms with van der Waals surface area (Å²) in [6, 6.07) is 3.88. The lowest BCUT2D eigenvalue weighted by Gasteiger charge is -2.28. The Labute approximate surface area is 161 Å². The van der Waals surface area contributed by atoms with Crippen molar-refractivity contribution in [3.63, 3.8) is 0 Å². The van der Waals surface area contributed by atoms with Gasteiger partial charge in [-0.05, 0) is 18.6 Å². The van der Waals surface area contributed by atoms with E-state index in [0.717, 1.165) is 18.0 Å². The number of ether oxygens (including phenoxy) is 2. The molecule has 2 fully saturated rings. The number of benzene rings is 1. The number of rotatable bonds is 5. The second kappa shape index (κ2) is 7.69. The molecule has 9 heteroatoms. The Morgan fingerprint density at radius 2 is 1.89 bits per heavy atom. The van der Waals surface area contributed by atoms with Crippen molar-refractivity contribution in [2.24, 2.45) is 0 Å². The monoisotopic (exact) mass is 387 g/mol. The minimum atomic E-state index is -0.980. The fourth-order valence-corrected chi connectivity index (χ4v) is 3.71. The summed E-state index contributed by atoms with van der Waals surface area (Å²) in [6.07, 6.45) is 0.218. The van der Waals surface area contributed by atoms with Crippen LogP contribution in [0.4, 0.5) is 0 Å². The maximum absolute atomic E-state index is 13.0. The van der Waals surface area contributed by atoms with Crippen molar-refractivity contribution < 1.29 is 28.7 Å². The van der Waals surface area contributed by atoms with Crippen LogP contribution in [0.2, 0.25) is 0 Å². The first-order valence-corrected chi connectivity index (χ1v) is 9.34. The van der Waals surface area contributed by atoms with Gasteiger partial charge < -0.3 is 9.47 Å². The minimum absolute atomic E-state index is 0.0900. The van der Waals surface area contributed by atoms with E-state index in [2.05, 4.69) is 10.2 Å². The molecule has 0 bridgehead atoms. The fourth-order valence-electron chi connectivity index (χ4n) is 3.71. The van der Waals surface area contributed by atoms with Gasteiger partial charge in [-0.2, -0.15) is 0 Å². The molecule has 1 aromatic rings. The van der Waals surface area contributed by atoms with Crippen molar-refractivity contribution in [3.8, 4) is 5.75 Å². The lowest BCUT2D eigenvalue weighted by Crippen LogP contribution is -2.54. The van der Waals surface area contributed by atoms with Crippen LogP contribution in [0.15, 0.2) is 18.2 Å². The molecule has 2 saturated heterocycles. The van der Waals surface area contributed by atoms with Gasteiger partial charge in [0.2, 0.25) is 11.8 Å². The lowest BCUT2D eigenvalue weighted by molar-refractivity contribution is -0.136. The average molecular weight is 387 g/mol. The summed E-state index contributed by atoms with van der Waals surface area (Å²) in [7, 11) is 0. The highest BCUT2D eigenvalue weighted by Gasteiger charge is 2.45. The summed E-state index contributed by atoms with van der Waals surface area (Å²) in [4.78, 5) is 52.4. The fraction of sp³-hybridized carbons (Fsp3) is 0.474. The normalized spacial score (nSPS) is 23.0. The summed E-state index contributed by atoms with van der Waals surface area (Å²) in [6.45, 7) is 4.10. The number of piperidine rings is 1. The van der Waals surface area contributed by atoms with Crippen LogP contribution >= 0.6 is 0 Å². The molecule has 0 aromatic heterocycles. The first-order valence-electron chi connectivity index (χ1n) is 9.34. The maximum Gasteiger partial charge on any atom is 0.266 e. The number of hydrogen-bond acceptors (Lipinski definition) is 7. The molecule has 0 saturated carbocycles. The number of carbonyl (C=O) groups excluding carboxylic acids is 4. The Balaban J connectivity index is 1.49. The highest BCUT2D eigenvalue weighted by atomic mass is 16.5. The Hall–Kier alpha value is -2.78. The molecule has 0 radical (unpaired) electrons. The highest BCUT2D eigenvalue weighted by molar-refractivity contribution is 6.24. The standard InChI is InChI=1S/C19H21N3O6/c23-15-5-4-13(17(24)20-15)22-18(25)12-2-1-3-14(16(12)19(22)26)28-11-8-21-6-9-27-10-7-21/h1-3,13H,4-11H2,(H,20,23,24).